The largest absolute Gasteiger partial charge is 0.494 e. The molecule has 1 N–H and O–H groups in total. The number of benzene rings is 1. The zero-order valence-corrected chi connectivity index (χ0v) is 15.1. The Bertz CT molecular complexity index is 845. The number of ether oxygens (including phenoxy) is 2. The smallest absolute Gasteiger partial charge is 0.201 e. The van der Waals surface area contributed by atoms with Crippen LogP contribution in [-0.2, 0) is 15.9 Å². The second-order valence-corrected chi connectivity index (χ2v) is 7.82. The van der Waals surface area contributed by atoms with Gasteiger partial charge in [-0.05, 0) is 36.5 Å². The summed E-state index contributed by atoms with van der Waals surface area (Å²) in [6, 6.07) is 6.87. The Morgan fingerprint density at radius 2 is 2.08 bits per heavy atom. The van der Waals surface area contributed by atoms with Crippen LogP contribution < -0.4 is 0 Å². The van der Waals surface area contributed by atoms with Crippen molar-refractivity contribution < 1.29 is 14.6 Å². The SMILES string of the molecule is Oc1c(C2=NCCOC2)c2cc(CC3CCC3)ccc2n1C1CCOC1. The van der Waals surface area contributed by atoms with Crippen LogP contribution in [0, 0.1) is 5.92 Å². The Kier molecular flexibility index (Phi) is 4.21. The predicted octanol–water partition coefficient (Wildman–Crippen LogP) is 3.47. The molecule has 2 aliphatic heterocycles. The minimum absolute atomic E-state index is 0.189. The fourth-order valence-corrected chi connectivity index (χ4v) is 4.50. The van der Waals surface area contributed by atoms with Crippen LogP contribution in [0.15, 0.2) is 23.2 Å². The van der Waals surface area contributed by atoms with Crippen LogP contribution in [0.3, 0.4) is 0 Å². The first kappa shape index (κ1) is 16.3. The van der Waals surface area contributed by atoms with Crippen LogP contribution in [0.5, 0.6) is 5.88 Å². The third-order valence-corrected chi connectivity index (χ3v) is 6.13. The summed E-state index contributed by atoms with van der Waals surface area (Å²) in [7, 11) is 0. The molecule has 5 nitrogen and oxygen atoms in total. The maximum atomic E-state index is 11.1. The van der Waals surface area contributed by atoms with E-state index in [0.29, 0.717) is 32.2 Å². The van der Waals surface area contributed by atoms with Gasteiger partial charge in [0.1, 0.15) is 0 Å². The standard InChI is InChI=1S/C21H26N2O3/c24-21-20(18-13-26-9-7-22-18)17-11-15(10-14-2-1-3-14)4-5-19(17)23(21)16-6-8-25-12-16/h4-5,11,14,16,24H,1-3,6-10,12-13H2. The van der Waals surface area contributed by atoms with E-state index in [1.807, 2.05) is 0 Å². The van der Waals surface area contributed by atoms with Gasteiger partial charge < -0.3 is 19.1 Å². The van der Waals surface area contributed by atoms with E-state index in [1.54, 1.807) is 0 Å². The van der Waals surface area contributed by atoms with Gasteiger partial charge in [-0.1, -0.05) is 25.3 Å². The predicted molar refractivity (Wildman–Crippen MR) is 101 cm³/mol. The van der Waals surface area contributed by atoms with Gasteiger partial charge in [0.25, 0.3) is 0 Å². The summed E-state index contributed by atoms with van der Waals surface area (Å²) in [6.07, 6.45) is 6.12. The highest BCUT2D eigenvalue weighted by Crippen LogP contribution is 2.39. The Morgan fingerprint density at radius 3 is 2.77 bits per heavy atom. The van der Waals surface area contributed by atoms with Crippen LogP contribution in [-0.4, -0.2) is 48.4 Å². The number of fused-ring (bicyclic) bond motifs is 1. The first-order valence-corrected chi connectivity index (χ1v) is 9.86. The molecular formula is C21H26N2O3. The summed E-state index contributed by atoms with van der Waals surface area (Å²) in [5.74, 6) is 1.14. The van der Waals surface area contributed by atoms with Crippen LogP contribution in [0.25, 0.3) is 10.9 Å². The molecule has 1 unspecified atom stereocenters. The highest BCUT2D eigenvalue weighted by Gasteiger charge is 2.28. The summed E-state index contributed by atoms with van der Waals surface area (Å²) in [5, 5.41) is 12.2. The van der Waals surface area contributed by atoms with Crippen LogP contribution >= 0.6 is 0 Å². The minimum atomic E-state index is 0.189. The van der Waals surface area contributed by atoms with Crippen molar-refractivity contribution in [2.75, 3.05) is 33.0 Å². The maximum absolute atomic E-state index is 11.1. The second-order valence-electron chi connectivity index (χ2n) is 7.82. The number of aliphatic imine (C=N–C) groups is 1. The molecule has 1 saturated carbocycles. The van der Waals surface area contributed by atoms with Crippen molar-refractivity contribution in [3.05, 3.63) is 29.3 Å². The van der Waals surface area contributed by atoms with Crippen LogP contribution in [0.2, 0.25) is 0 Å². The van der Waals surface area contributed by atoms with E-state index >= 15 is 0 Å². The number of nitrogens with zero attached hydrogens (tertiary/aromatic N) is 2. The van der Waals surface area contributed by atoms with Gasteiger partial charge in [0.15, 0.2) is 0 Å². The van der Waals surface area contributed by atoms with Gasteiger partial charge in [0.2, 0.25) is 5.88 Å². The quantitative estimate of drug-likeness (QED) is 0.915. The molecule has 2 aromatic rings. The van der Waals surface area contributed by atoms with Crippen molar-refractivity contribution in [2.24, 2.45) is 10.9 Å². The maximum Gasteiger partial charge on any atom is 0.201 e. The first-order valence-electron chi connectivity index (χ1n) is 9.86. The Morgan fingerprint density at radius 1 is 1.15 bits per heavy atom. The van der Waals surface area contributed by atoms with Crippen molar-refractivity contribution in [1.82, 2.24) is 4.57 Å². The second kappa shape index (κ2) is 6.71. The zero-order valence-electron chi connectivity index (χ0n) is 15.1. The first-order chi connectivity index (χ1) is 12.8. The number of aromatic nitrogens is 1. The van der Waals surface area contributed by atoms with E-state index in [4.69, 9.17) is 9.47 Å². The normalized spacial score (nSPS) is 24.0. The molecule has 1 aromatic heterocycles. The van der Waals surface area contributed by atoms with Gasteiger partial charge in [0.05, 0.1) is 49.2 Å². The zero-order chi connectivity index (χ0) is 17.5. The lowest BCUT2D eigenvalue weighted by Crippen LogP contribution is -2.19. The summed E-state index contributed by atoms with van der Waals surface area (Å²) >= 11 is 0. The molecule has 0 radical (unpaired) electrons. The average Bonchev–Trinajstić information content (AvgIpc) is 3.24. The molecule has 1 aliphatic carbocycles. The number of aromatic hydroxyl groups is 1. The molecule has 5 heteroatoms. The molecule has 138 valence electrons. The topological polar surface area (TPSA) is 56.0 Å². The summed E-state index contributed by atoms with van der Waals surface area (Å²) in [6.45, 7) is 3.20. The molecule has 3 heterocycles. The highest BCUT2D eigenvalue weighted by atomic mass is 16.5. The van der Waals surface area contributed by atoms with Crippen molar-refractivity contribution in [3.63, 3.8) is 0 Å². The Hall–Kier alpha value is -1.85. The van der Waals surface area contributed by atoms with E-state index in [-0.39, 0.29) is 6.04 Å². The molecule has 1 aromatic carbocycles. The molecule has 0 amide bonds. The number of rotatable bonds is 4. The lowest BCUT2D eigenvalue weighted by molar-refractivity contribution is 0.171. The van der Waals surface area contributed by atoms with Gasteiger partial charge in [-0.3, -0.25) is 4.99 Å². The molecule has 3 aliphatic rings. The number of hydrogen-bond donors (Lipinski definition) is 1. The van der Waals surface area contributed by atoms with Crippen molar-refractivity contribution >= 4 is 16.6 Å². The fraction of sp³-hybridized carbons (Fsp3) is 0.571. The van der Waals surface area contributed by atoms with E-state index in [9.17, 15) is 5.11 Å². The molecule has 26 heavy (non-hydrogen) atoms. The van der Waals surface area contributed by atoms with E-state index in [2.05, 4.69) is 27.8 Å². The van der Waals surface area contributed by atoms with Crippen molar-refractivity contribution in [1.29, 1.82) is 0 Å². The lowest BCUT2D eigenvalue weighted by Gasteiger charge is -2.25. The van der Waals surface area contributed by atoms with E-state index in [1.165, 1.54) is 24.8 Å². The average molecular weight is 354 g/mol. The van der Waals surface area contributed by atoms with Gasteiger partial charge in [-0.2, -0.15) is 0 Å². The van der Waals surface area contributed by atoms with Gasteiger partial charge in [0, 0.05) is 12.0 Å². The minimum Gasteiger partial charge on any atom is -0.494 e. The molecule has 0 spiro atoms. The molecule has 2 fully saturated rings. The van der Waals surface area contributed by atoms with Crippen LogP contribution in [0.4, 0.5) is 0 Å². The Labute approximate surface area is 153 Å². The third-order valence-electron chi connectivity index (χ3n) is 6.13. The third kappa shape index (κ3) is 2.74. The lowest BCUT2D eigenvalue weighted by atomic mass is 9.81. The van der Waals surface area contributed by atoms with Gasteiger partial charge in [-0.15, -0.1) is 0 Å². The van der Waals surface area contributed by atoms with Crippen molar-refractivity contribution in [2.45, 2.75) is 38.1 Å². The van der Waals surface area contributed by atoms with Gasteiger partial charge in [-0.25, -0.2) is 0 Å². The van der Waals surface area contributed by atoms with E-state index < -0.39 is 0 Å². The molecular weight excluding hydrogens is 328 g/mol. The summed E-state index contributed by atoms with van der Waals surface area (Å²) in [4.78, 5) is 4.66. The van der Waals surface area contributed by atoms with Gasteiger partial charge >= 0.3 is 0 Å². The fourth-order valence-electron chi connectivity index (χ4n) is 4.50. The number of hydrogen-bond acceptors (Lipinski definition) is 4. The molecule has 1 atom stereocenters. The van der Waals surface area contributed by atoms with E-state index in [0.717, 1.165) is 47.5 Å². The molecule has 0 bridgehead atoms. The van der Waals surface area contributed by atoms with Crippen molar-refractivity contribution in [3.8, 4) is 5.88 Å². The Balaban J connectivity index is 1.64. The summed E-state index contributed by atoms with van der Waals surface area (Å²) in [5.41, 5.74) is 4.18. The summed E-state index contributed by atoms with van der Waals surface area (Å²) < 4.78 is 13.3. The highest BCUT2D eigenvalue weighted by molar-refractivity contribution is 6.14. The van der Waals surface area contributed by atoms with Crippen LogP contribution in [0.1, 0.15) is 42.9 Å². The monoisotopic (exact) mass is 354 g/mol. The molecule has 5 rings (SSSR count). The molecule has 1 saturated heterocycles.